The lowest BCUT2D eigenvalue weighted by Crippen LogP contribution is -2.07. The van der Waals surface area contributed by atoms with Crippen LogP contribution in [0.5, 0.6) is 0 Å². The van der Waals surface area contributed by atoms with E-state index in [0.29, 0.717) is 11.6 Å². The fourth-order valence-corrected chi connectivity index (χ4v) is 2.39. The quantitative estimate of drug-likeness (QED) is 0.864. The van der Waals surface area contributed by atoms with Crippen molar-refractivity contribution < 1.29 is 9.53 Å². The van der Waals surface area contributed by atoms with E-state index >= 15 is 0 Å². The fourth-order valence-electron chi connectivity index (χ4n) is 1.58. The Morgan fingerprint density at radius 1 is 1.50 bits per heavy atom. The molecule has 18 heavy (non-hydrogen) atoms. The zero-order chi connectivity index (χ0) is 13.1. The van der Waals surface area contributed by atoms with Crippen molar-refractivity contribution in [3.05, 3.63) is 35.5 Å². The first kappa shape index (κ1) is 12.6. The normalized spacial score (nSPS) is 10.3. The molecular formula is C13H14N2O2S. The maximum atomic E-state index is 11.6. The van der Waals surface area contributed by atoms with Gasteiger partial charge < -0.3 is 10.5 Å². The lowest BCUT2D eigenvalue weighted by atomic mass is 10.1. The number of aryl methyl sites for hydroxylation is 1. The van der Waals surface area contributed by atoms with Crippen LogP contribution in [0.15, 0.2) is 24.3 Å². The second-order valence-corrected chi connectivity index (χ2v) is 4.85. The van der Waals surface area contributed by atoms with Crippen LogP contribution in [0.25, 0.3) is 10.6 Å². The maximum absolute atomic E-state index is 11.6. The summed E-state index contributed by atoms with van der Waals surface area (Å²) in [5.74, 6) is -0.467. The molecule has 0 atom stereocenters. The number of rotatable bonds is 3. The van der Waals surface area contributed by atoms with Gasteiger partial charge in [-0.1, -0.05) is 35.1 Å². The number of nitrogens with two attached hydrogens (primary N) is 1. The van der Waals surface area contributed by atoms with Gasteiger partial charge in [0, 0.05) is 5.56 Å². The summed E-state index contributed by atoms with van der Waals surface area (Å²) in [6, 6.07) is 7.91. The van der Waals surface area contributed by atoms with E-state index in [2.05, 4.69) is 4.98 Å². The number of aromatic nitrogens is 1. The van der Waals surface area contributed by atoms with Crippen LogP contribution in [0.3, 0.4) is 0 Å². The van der Waals surface area contributed by atoms with Crippen molar-refractivity contribution in [3.8, 4) is 10.6 Å². The molecule has 2 N–H and O–H groups in total. The summed E-state index contributed by atoms with van der Waals surface area (Å²) in [6.45, 7) is 4.07. The first-order chi connectivity index (χ1) is 8.61. The van der Waals surface area contributed by atoms with Crippen molar-refractivity contribution in [2.45, 2.75) is 13.8 Å². The van der Waals surface area contributed by atoms with Crippen molar-refractivity contribution in [2.24, 2.45) is 0 Å². The van der Waals surface area contributed by atoms with E-state index in [1.807, 2.05) is 31.2 Å². The van der Waals surface area contributed by atoms with E-state index in [1.165, 1.54) is 11.3 Å². The van der Waals surface area contributed by atoms with Gasteiger partial charge in [-0.15, -0.1) is 0 Å². The Morgan fingerprint density at radius 2 is 2.28 bits per heavy atom. The maximum Gasteiger partial charge on any atom is 0.360 e. The summed E-state index contributed by atoms with van der Waals surface area (Å²) < 4.78 is 4.91. The second kappa shape index (κ2) is 5.18. The fraction of sp³-hybridized carbons (Fsp3) is 0.231. The number of nitrogens with zero attached hydrogens (tertiary/aromatic N) is 1. The average molecular weight is 262 g/mol. The van der Waals surface area contributed by atoms with Crippen LogP contribution in [0.4, 0.5) is 5.00 Å². The molecule has 1 heterocycles. The Bertz CT molecular complexity index is 578. The van der Waals surface area contributed by atoms with Crippen LogP contribution in [-0.4, -0.2) is 17.6 Å². The van der Waals surface area contributed by atoms with Gasteiger partial charge in [0.2, 0.25) is 0 Å². The molecule has 2 rings (SSSR count). The molecule has 4 nitrogen and oxygen atoms in total. The predicted molar refractivity (Wildman–Crippen MR) is 72.7 cm³/mol. The summed E-state index contributed by atoms with van der Waals surface area (Å²) >= 11 is 1.30. The third kappa shape index (κ3) is 2.51. The van der Waals surface area contributed by atoms with Gasteiger partial charge in [-0.05, 0) is 19.9 Å². The molecule has 0 aliphatic heterocycles. The smallest absolute Gasteiger partial charge is 0.360 e. The first-order valence-corrected chi connectivity index (χ1v) is 6.44. The van der Waals surface area contributed by atoms with Crippen LogP contribution in [0.1, 0.15) is 23.0 Å². The molecule has 0 saturated heterocycles. The molecule has 0 fully saturated rings. The number of benzene rings is 1. The van der Waals surface area contributed by atoms with E-state index in [-0.39, 0.29) is 5.69 Å². The highest BCUT2D eigenvalue weighted by atomic mass is 32.1. The number of carbonyl (C=O) groups is 1. The van der Waals surface area contributed by atoms with Crippen LogP contribution < -0.4 is 5.73 Å². The van der Waals surface area contributed by atoms with Gasteiger partial charge in [-0.25, -0.2) is 9.78 Å². The highest BCUT2D eigenvalue weighted by Crippen LogP contribution is 2.30. The molecule has 94 valence electrons. The van der Waals surface area contributed by atoms with Crippen molar-refractivity contribution in [2.75, 3.05) is 12.3 Å². The monoisotopic (exact) mass is 262 g/mol. The standard InChI is InChI=1S/C13H14N2O2S/c1-3-17-13(16)10-11(14)18-12(15-10)9-6-4-5-8(2)7-9/h4-7H,3,14H2,1-2H3. The largest absolute Gasteiger partial charge is 0.461 e. The summed E-state index contributed by atoms with van der Waals surface area (Å²) in [5.41, 5.74) is 8.11. The van der Waals surface area contributed by atoms with E-state index in [1.54, 1.807) is 6.92 Å². The van der Waals surface area contributed by atoms with E-state index in [0.717, 1.165) is 16.1 Å². The van der Waals surface area contributed by atoms with Gasteiger partial charge in [0.1, 0.15) is 10.0 Å². The molecule has 1 aromatic carbocycles. The Morgan fingerprint density at radius 3 is 2.94 bits per heavy atom. The van der Waals surface area contributed by atoms with Crippen LogP contribution in [0.2, 0.25) is 0 Å². The Balaban J connectivity index is 2.37. The molecule has 0 bridgehead atoms. The number of hydrogen-bond acceptors (Lipinski definition) is 5. The van der Waals surface area contributed by atoms with Gasteiger partial charge in [0.25, 0.3) is 0 Å². The van der Waals surface area contributed by atoms with Gasteiger partial charge in [0.15, 0.2) is 5.69 Å². The zero-order valence-electron chi connectivity index (χ0n) is 10.3. The molecule has 0 radical (unpaired) electrons. The number of thiazole rings is 1. The SMILES string of the molecule is CCOC(=O)c1nc(-c2cccc(C)c2)sc1N. The van der Waals surface area contributed by atoms with E-state index in [4.69, 9.17) is 10.5 Å². The summed E-state index contributed by atoms with van der Waals surface area (Å²) in [7, 11) is 0. The number of carbonyl (C=O) groups excluding carboxylic acids is 1. The Hall–Kier alpha value is -1.88. The minimum atomic E-state index is -0.467. The topological polar surface area (TPSA) is 65.2 Å². The predicted octanol–water partition coefficient (Wildman–Crippen LogP) is 2.88. The number of nitrogen functional groups attached to an aromatic ring is 1. The number of esters is 1. The lowest BCUT2D eigenvalue weighted by Gasteiger charge is -1.98. The average Bonchev–Trinajstić information content (AvgIpc) is 2.72. The molecule has 0 saturated carbocycles. The minimum absolute atomic E-state index is 0.207. The molecular weight excluding hydrogens is 248 g/mol. The summed E-state index contributed by atoms with van der Waals surface area (Å²) in [4.78, 5) is 15.9. The van der Waals surface area contributed by atoms with Crippen molar-refractivity contribution >= 4 is 22.3 Å². The van der Waals surface area contributed by atoms with Gasteiger partial charge in [0.05, 0.1) is 6.61 Å². The van der Waals surface area contributed by atoms with E-state index < -0.39 is 5.97 Å². The number of anilines is 1. The molecule has 5 heteroatoms. The van der Waals surface area contributed by atoms with Crippen molar-refractivity contribution in [3.63, 3.8) is 0 Å². The van der Waals surface area contributed by atoms with Gasteiger partial charge in [-0.2, -0.15) is 0 Å². The number of hydrogen-bond donors (Lipinski definition) is 1. The van der Waals surface area contributed by atoms with Gasteiger partial charge in [-0.3, -0.25) is 0 Å². The van der Waals surface area contributed by atoms with Gasteiger partial charge >= 0.3 is 5.97 Å². The van der Waals surface area contributed by atoms with Crippen LogP contribution >= 0.6 is 11.3 Å². The number of ether oxygens (including phenoxy) is 1. The summed E-state index contributed by atoms with van der Waals surface area (Å²) in [6.07, 6.45) is 0. The molecule has 0 aliphatic carbocycles. The Labute approximate surface area is 109 Å². The molecule has 0 spiro atoms. The molecule has 0 unspecified atom stereocenters. The third-order valence-electron chi connectivity index (χ3n) is 2.39. The molecule has 1 aromatic heterocycles. The highest BCUT2D eigenvalue weighted by molar-refractivity contribution is 7.19. The third-order valence-corrected chi connectivity index (χ3v) is 3.32. The van der Waals surface area contributed by atoms with E-state index in [9.17, 15) is 4.79 Å². The van der Waals surface area contributed by atoms with Crippen molar-refractivity contribution in [1.29, 1.82) is 0 Å². The van der Waals surface area contributed by atoms with Crippen LogP contribution in [-0.2, 0) is 4.74 Å². The first-order valence-electron chi connectivity index (χ1n) is 5.62. The lowest BCUT2D eigenvalue weighted by molar-refractivity contribution is 0.0522. The second-order valence-electron chi connectivity index (χ2n) is 3.82. The molecule has 2 aromatic rings. The minimum Gasteiger partial charge on any atom is -0.461 e. The highest BCUT2D eigenvalue weighted by Gasteiger charge is 2.17. The summed E-state index contributed by atoms with van der Waals surface area (Å²) in [5, 5.41) is 1.13. The van der Waals surface area contributed by atoms with Crippen molar-refractivity contribution in [1.82, 2.24) is 4.98 Å². The van der Waals surface area contributed by atoms with Crippen LogP contribution in [0, 0.1) is 6.92 Å². The molecule has 0 amide bonds. The zero-order valence-corrected chi connectivity index (χ0v) is 11.1. The molecule has 0 aliphatic rings. The Kier molecular flexibility index (Phi) is 3.62.